The minimum absolute atomic E-state index is 0.832. The molecule has 0 bridgehead atoms. The molecule has 0 radical (unpaired) electrons. The summed E-state index contributed by atoms with van der Waals surface area (Å²) in [5, 5.41) is 2.08. The van der Waals surface area contributed by atoms with E-state index >= 15 is 0 Å². The molecule has 0 unspecified atom stereocenters. The van der Waals surface area contributed by atoms with E-state index in [4.69, 9.17) is 4.98 Å². The largest absolute Gasteiger partial charge is 0.341 e. The van der Waals surface area contributed by atoms with Crippen molar-refractivity contribution >= 4 is 17.3 Å². The van der Waals surface area contributed by atoms with Gasteiger partial charge < -0.3 is 9.47 Å². The molecule has 6 heteroatoms. The van der Waals surface area contributed by atoms with Gasteiger partial charge in [0.2, 0.25) is 5.95 Å². The molecule has 1 saturated heterocycles. The van der Waals surface area contributed by atoms with Crippen molar-refractivity contribution < 1.29 is 0 Å². The molecule has 0 amide bonds. The first kappa shape index (κ1) is 13.5. The van der Waals surface area contributed by atoms with Gasteiger partial charge in [-0.15, -0.1) is 11.3 Å². The van der Waals surface area contributed by atoms with Crippen molar-refractivity contribution in [1.29, 1.82) is 0 Å². The Kier molecular flexibility index (Phi) is 3.38. The van der Waals surface area contributed by atoms with Gasteiger partial charge in [-0.2, -0.15) is 0 Å². The highest BCUT2D eigenvalue weighted by Crippen LogP contribution is 2.33. The second-order valence-electron chi connectivity index (χ2n) is 5.47. The Bertz CT molecular complexity index is 772. The molecule has 1 fully saturated rings. The van der Waals surface area contributed by atoms with E-state index in [9.17, 15) is 0 Å². The van der Waals surface area contributed by atoms with Crippen molar-refractivity contribution in [1.82, 2.24) is 19.5 Å². The summed E-state index contributed by atoms with van der Waals surface area (Å²) in [6.07, 6.45) is 8.11. The first-order valence-corrected chi connectivity index (χ1v) is 8.34. The lowest BCUT2D eigenvalue weighted by Gasteiger charge is -2.17. The fourth-order valence-electron chi connectivity index (χ4n) is 2.83. The minimum Gasteiger partial charge on any atom is -0.341 e. The molecule has 3 aromatic rings. The van der Waals surface area contributed by atoms with Gasteiger partial charge in [0.1, 0.15) is 5.82 Å². The van der Waals surface area contributed by atoms with E-state index in [0.29, 0.717) is 0 Å². The molecule has 0 N–H and O–H groups in total. The fraction of sp³-hybridized carbons (Fsp3) is 0.312. The molecular weight excluding hydrogens is 294 g/mol. The third-order valence-electron chi connectivity index (χ3n) is 3.98. The van der Waals surface area contributed by atoms with E-state index in [1.165, 1.54) is 12.8 Å². The monoisotopic (exact) mass is 311 g/mol. The Morgan fingerprint density at radius 2 is 2.05 bits per heavy atom. The molecule has 1 aliphatic heterocycles. The molecule has 0 spiro atoms. The number of aryl methyl sites for hydroxylation is 1. The van der Waals surface area contributed by atoms with Crippen LogP contribution in [0.25, 0.3) is 22.0 Å². The summed E-state index contributed by atoms with van der Waals surface area (Å²) in [5.41, 5.74) is 1.96. The zero-order chi connectivity index (χ0) is 14.9. The first-order chi connectivity index (χ1) is 10.8. The normalized spacial score (nSPS) is 14.7. The van der Waals surface area contributed by atoms with Crippen molar-refractivity contribution in [2.45, 2.75) is 12.8 Å². The van der Waals surface area contributed by atoms with Crippen LogP contribution in [0.1, 0.15) is 12.8 Å². The number of thiophene rings is 1. The van der Waals surface area contributed by atoms with Crippen LogP contribution in [0, 0.1) is 0 Å². The van der Waals surface area contributed by atoms with Gasteiger partial charge in [-0.25, -0.2) is 15.0 Å². The van der Waals surface area contributed by atoms with Gasteiger partial charge in [0.25, 0.3) is 0 Å². The van der Waals surface area contributed by atoms with E-state index in [2.05, 4.69) is 32.4 Å². The third kappa shape index (κ3) is 2.29. The van der Waals surface area contributed by atoms with Crippen LogP contribution in [-0.4, -0.2) is 32.6 Å². The number of anilines is 1. The van der Waals surface area contributed by atoms with Crippen LogP contribution < -0.4 is 4.90 Å². The molecule has 112 valence electrons. The summed E-state index contributed by atoms with van der Waals surface area (Å²) in [5.74, 6) is 1.73. The fourth-order valence-corrected chi connectivity index (χ4v) is 3.56. The molecule has 3 aromatic heterocycles. The molecule has 1 aliphatic rings. The highest BCUT2D eigenvalue weighted by atomic mass is 32.1. The highest BCUT2D eigenvalue weighted by Gasteiger charge is 2.20. The lowest BCUT2D eigenvalue weighted by molar-refractivity contribution is 0.893. The predicted molar refractivity (Wildman–Crippen MR) is 89.0 cm³/mol. The quantitative estimate of drug-likeness (QED) is 0.745. The molecule has 0 saturated carbocycles. The SMILES string of the molecule is Cn1ccnc1-c1cnc(N2CCCC2)nc1-c1cccs1. The van der Waals surface area contributed by atoms with Gasteiger partial charge in [0.05, 0.1) is 16.1 Å². The van der Waals surface area contributed by atoms with Gasteiger partial charge in [0, 0.05) is 38.7 Å². The maximum absolute atomic E-state index is 4.87. The van der Waals surface area contributed by atoms with E-state index in [-0.39, 0.29) is 0 Å². The van der Waals surface area contributed by atoms with Gasteiger partial charge in [-0.1, -0.05) is 6.07 Å². The predicted octanol–water partition coefficient (Wildman–Crippen LogP) is 3.21. The van der Waals surface area contributed by atoms with Gasteiger partial charge >= 0.3 is 0 Å². The second kappa shape index (κ2) is 5.53. The summed E-state index contributed by atoms with van der Waals surface area (Å²) >= 11 is 1.70. The summed E-state index contributed by atoms with van der Waals surface area (Å²) in [6, 6.07) is 4.16. The van der Waals surface area contributed by atoms with Gasteiger partial charge in [0.15, 0.2) is 0 Å². The van der Waals surface area contributed by atoms with Crippen molar-refractivity contribution in [3.8, 4) is 22.0 Å². The first-order valence-electron chi connectivity index (χ1n) is 7.46. The molecular formula is C16H17N5S. The standard InChI is InChI=1S/C16H17N5S/c1-20-9-6-17-15(20)12-11-18-16(21-7-2-3-8-21)19-14(12)13-5-4-10-22-13/h4-6,9-11H,2-3,7-8H2,1H3. The summed E-state index contributed by atoms with van der Waals surface area (Å²) in [4.78, 5) is 17.3. The van der Waals surface area contributed by atoms with Crippen LogP contribution in [0.3, 0.4) is 0 Å². The zero-order valence-corrected chi connectivity index (χ0v) is 13.3. The number of hydrogen-bond donors (Lipinski definition) is 0. The number of nitrogens with zero attached hydrogens (tertiary/aromatic N) is 5. The van der Waals surface area contributed by atoms with Crippen molar-refractivity contribution in [3.63, 3.8) is 0 Å². The highest BCUT2D eigenvalue weighted by molar-refractivity contribution is 7.13. The Morgan fingerprint density at radius 1 is 1.18 bits per heavy atom. The molecule has 0 aliphatic carbocycles. The number of hydrogen-bond acceptors (Lipinski definition) is 5. The van der Waals surface area contributed by atoms with E-state index < -0.39 is 0 Å². The molecule has 22 heavy (non-hydrogen) atoms. The average molecular weight is 311 g/mol. The number of rotatable bonds is 3. The molecule has 4 rings (SSSR count). The van der Waals surface area contributed by atoms with Crippen molar-refractivity contribution in [2.75, 3.05) is 18.0 Å². The number of imidazole rings is 1. The molecule has 5 nitrogen and oxygen atoms in total. The molecule has 4 heterocycles. The van der Waals surface area contributed by atoms with Crippen LogP contribution in [0.4, 0.5) is 5.95 Å². The maximum atomic E-state index is 4.87. The van der Waals surface area contributed by atoms with Crippen LogP contribution >= 0.6 is 11.3 Å². The van der Waals surface area contributed by atoms with Crippen LogP contribution in [-0.2, 0) is 7.05 Å². The van der Waals surface area contributed by atoms with Crippen molar-refractivity contribution in [3.05, 3.63) is 36.1 Å². The molecule has 0 atom stereocenters. The molecule has 0 aromatic carbocycles. The lowest BCUT2D eigenvalue weighted by Crippen LogP contribution is -2.20. The van der Waals surface area contributed by atoms with Gasteiger partial charge in [-0.3, -0.25) is 0 Å². The maximum Gasteiger partial charge on any atom is 0.225 e. The number of aromatic nitrogens is 4. The average Bonchev–Trinajstić information content (AvgIpc) is 3.29. The Morgan fingerprint density at radius 3 is 2.73 bits per heavy atom. The summed E-state index contributed by atoms with van der Waals surface area (Å²) in [6.45, 7) is 2.09. The Hall–Kier alpha value is -2.21. The summed E-state index contributed by atoms with van der Waals surface area (Å²) in [7, 11) is 1.99. The van der Waals surface area contributed by atoms with E-state index in [1.54, 1.807) is 11.3 Å². The third-order valence-corrected chi connectivity index (χ3v) is 4.86. The van der Waals surface area contributed by atoms with Gasteiger partial charge in [-0.05, 0) is 24.3 Å². The lowest BCUT2D eigenvalue weighted by atomic mass is 10.2. The smallest absolute Gasteiger partial charge is 0.225 e. The second-order valence-corrected chi connectivity index (χ2v) is 6.41. The van der Waals surface area contributed by atoms with E-state index in [1.807, 2.05) is 30.2 Å². The minimum atomic E-state index is 0.832. The Labute approximate surface area is 133 Å². The summed E-state index contributed by atoms with van der Waals surface area (Å²) < 4.78 is 2.01. The van der Waals surface area contributed by atoms with Crippen LogP contribution in [0.15, 0.2) is 36.1 Å². The topological polar surface area (TPSA) is 46.8 Å². The van der Waals surface area contributed by atoms with Crippen LogP contribution in [0.5, 0.6) is 0 Å². The van der Waals surface area contributed by atoms with E-state index in [0.717, 1.165) is 41.0 Å². The Balaban J connectivity index is 1.86. The van der Waals surface area contributed by atoms with Crippen molar-refractivity contribution in [2.24, 2.45) is 7.05 Å². The zero-order valence-electron chi connectivity index (χ0n) is 12.4. The van der Waals surface area contributed by atoms with Crippen LogP contribution in [0.2, 0.25) is 0 Å².